The molecule has 0 amide bonds. The summed E-state index contributed by atoms with van der Waals surface area (Å²) in [5.41, 5.74) is 10.3. The Morgan fingerprint density at radius 1 is 0.824 bits per heavy atom. The van der Waals surface area contributed by atoms with E-state index in [9.17, 15) is 0 Å². The molecule has 0 heterocycles. The van der Waals surface area contributed by atoms with Crippen molar-refractivity contribution < 1.29 is 0 Å². The molecule has 34 heavy (non-hydrogen) atoms. The summed E-state index contributed by atoms with van der Waals surface area (Å²) in [4.78, 5) is 0. The predicted octanol–water partition coefficient (Wildman–Crippen LogP) is 8.41. The quantitative estimate of drug-likeness (QED) is 0.336. The van der Waals surface area contributed by atoms with Gasteiger partial charge in [-0.05, 0) is 89.6 Å². The number of nitrogens with one attached hydrogen (secondary N) is 1. The Morgan fingerprint density at radius 3 is 2.09 bits per heavy atom. The first-order chi connectivity index (χ1) is 16.6. The standard InChI is InChI=1S/C31H39N.C2H6/c1-5-23-9-17-30-28(21-23)16-18-29(26-14-12-25(13-15-26)22(3)4)31(30)27-10-7-24(8-11-27)19-20-32-6-2;1-2/h7-15,17,21-22,29,31-32H,5-6,16,18-20H2,1-4H3;1-2H3. The minimum Gasteiger partial charge on any atom is -0.317 e. The molecule has 1 aliphatic rings. The van der Waals surface area contributed by atoms with E-state index in [-0.39, 0.29) is 0 Å². The van der Waals surface area contributed by atoms with Crippen LogP contribution in [-0.4, -0.2) is 13.1 Å². The van der Waals surface area contributed by atoms with Gasteiger partial charge in [0.15, 0.2) is 0 Å². The van der Waals surface area contributed by atoms with Crippen molar-refractivity contribution in [3.8, 4) is 0 Å². The minimum atomic E-state index is 0.428. The highest BCUT2D eigenvalue weighted by Crippen LogP contribution is 2.46. The van der Waals surface area contributed by atoms with Gasteiger partial charge in [-0.2, -0.15) is 0 Å². The van der Waals surface area contributed by atoms with Crippen molar-refractivity contribution >= 4 is 0 Å². The number of fused-ring (bicyclic) bond motifs is 1. The van der Waals surface area contributed by atoms with E-state index in [0.29, 0.717) is 17.8 Å². The average Bonchev–Trinajstić information content (AvgIpc) is 2.89. The van der Waals surface area contributed by atoms with E-state index >= 15 is 0 Å². The number of rotatable bonds is 8. The highest BCUT2D eigenvalue weighted by molar-refractivity contribution is 5.47. The maximum atomic E-state index is 3.44. The molecule has 4 rings (SSSR count). The van der Waals surface area contributed by atoms with Gasteiger partial charge in [0.1, 0.15) is 0 Å². The van der Waals surface area contributed by atoms with Crippen LogP contribution in [0.3, 0.4) is 0 Å². The average molecular weight is 456 g/mol. The zero-order valence-corrected chi connectivity index (χ0v) is 22.3. The molecule has 0 aliphatic heterocycles. The zero-order valence-electron chi connectivity index (χ0n) is 22.3. The molecule has 0 saturated carbocycles. The summed E-state index contributed by atoms with van der Waals surface area (Å²) in [7, 11) is 0. The summed E-state index contributed by atoms with van der Waals surface area (Å²) in [5, 5.41) is 3.44. The Balaban J connectivity index is 0.00000158. The molecular formula is C33H45N. The van der Waals surface area contributed by atoms with Crippen molar-refractivity contribution in [3.05, 3.63) is 106 Å². The second-order valence-electron chi connectivity index (χ2n) is 9.68. The third-order valence-corrected chi connectivity index (χ3v) is 7.29. The van der Waals surface area contributed by atoms with E-state index in [0.717, 1.165) is 25.9 Å². The summed E-state index contributed by atoms with van der Waals surface area (Å²) in [6, 6.07) is 26.2. The van der Waals surface area contributed by atoms with Crippen molar-refractivity contribution in [2.24, 2.45) is 0 Å². The molecule has 2 atom stereocenters. The fourth-order valence-electron chi connectivity index (χ4n) is 5.29. The molecule has 3 aromatic rings. The van der Waals surface area contributed by atoms with Crippen LogP contribution in [0.2, 0.25) is 0 Å². The Morgan fingerprint density at radius 2 is 1.47 bits per heavy atom. The summed E-state index contributed by atoms with van der Waals surface area (Å²) >= 11 is 0. The fraction of sp³-hybridized carbons (Fsp3) is 0.455. The lowest BCUT2D eigenvalue weighted by Crippen LogP contribution is -2.21. The Labute approximate surface area is 209 Å². The topological polar surface area (TPSA) is 12.0 Å². The van der Waals surface area contributed by atoms with Gasteiger partial charge in [-0.3, -0.25) is 0 Å². The van der Waals surface area contributed by atoms with Gasteiger partial charge in [0.25, 0.3) is 0 Å². The van der Waals surface area contributed by atoms with Gasteiger partial charge in [-0.25, -0.2) is 0 Å². The number of likely N-dealkylation sites (N-methyl/N-ethyl adjacent to an activating group) is 1. The van der Waals surface area contributed by atoms with Gasteiger partial charge in [0.2, 0.25) is 0 Å². The first-order valence-corrected chi connectivity index (χ1v) is 13.6. The zero-order chi connectivity index (χ0) is 24.5. The molecule has 0 fully saturated rings. The number of benzene rings is 3. The van der Waals surface area contributed by atoms with Crippen LogP contribution < -0.4 is 5.32 Å². The van der Waals surface area contributed by atoms with Crippen LogP contribution in [-0.2, 0) is 19.3 Å². The molecule has 0 aromatic heterocycles. The van der Waals surface area contributed by atoms with Crippen molar-refractivity contribution in [2.45, 2.75) is 85.0 Å². The normalized spacial score (nSPS) is 17.1. The van der Waals surface area contributed by atoms with Gasteiger partial charge in [-0.1, -0.05) is 108 Å². The van der Waals surface area contributed by atoms with Gasteiger partial charge < -0.3 is 5.32 Å². The molecule has 0 bridgehead atoms. The van der Waals surface area contributed by atoms with E-state index in [4.69, 9.17) is 0 Å². The first-order valence-electron chi connectivity index (χ1n) is 13.6. The van der Waals surface area contributed by atoms with Crippen molar-refractivity contribution in [1.29, 1.82) is 0 Å². The van der Waals surface area contributed by atoms with Crippen LogP contribution in [0.1, 0.15) is 105 Å². The van der Waals surface area contributed by atoms with Crippen LogP contribution in [0.5, 0.6) is 0 Å². The third kappa shape index (κ3) is 6.19. The molecule has 0 radical (unpaired) electrons. The van der Waals surface area contributed by atoms with Gasteiger partial charge >= 0.3 is 0 Å². The molecule has 182 valence electrons. The van der Waals surface area contributed by atoms with Gasteiger partial charge in [0, 0.05) is 5.92 Å². The molecule has 3 aromatic carbocycles. The molecule has 1 aliphatic carbocycles. The van der Waals surface area contributed by atoms with Gasteiger partial charge in [-0.15, -0.1) is 0 Å². The Kier molecular flexibility index (Phi) is 9.96. The SMILES string of the molecule is CC.CCNCCc1ccc(C2c3ccc(CC)cc3CCC2c2ccc(C(C)C)cc2)cc1. The number of aryl methyl sites for hydroxylation is 2. The second-order valence-corrected chi connectivity index (χ2v) is 9.68. The van der Waals surface area contributed by atoms with E-state index < -0.39 is 0 Å². The Bertz CT molecular complexity index is 998. The lowest BCUT2D eigenvalue weighted by molar-refractivity contribution is 0.523. The van der Waals surface area contributed by atoms with Crippen molar-refractivity contribution in [1.82, 2.24) is 5.32 Å². The van der Waals surface area contributed by atoms with E-state index in [1.54, 1.807) is 5.56 Å². The monoisotopic (exact) mass is 455 g/mol. The first kappa shape index (κ1) is 26.2. The molecule has 1 N–H and O–H groups in total. The molecule has 1 nitrogen and oxygen atoms in total. The molecular weight excluding hydrogens is 410 g/mol. The Hall–Kier alpha value is -2.38. The van der Waals surface area contributed by atoms with E-state index in [1.165, 1.54) is 46.2 Å². The van der Waals surface area contributed by atoms with Crippen LogP contribution in [0.15, 0.2) is 66.7 Å². The lowest BCUT2D eigenvalue weighted by atomic mass is 9.69. The van der Waals surface area contributed by atoms with Crippen molar-refractivity contribution in [2.75, 3.05) is 13.1 Å². The highest BCUT2D eigenvalue weighted by Gasteiger charge is 2.32. The maximum absolute atomic E-state index is 3.44. The molecule has 2 unspecified atom stereocenters. The summed E-state index contributed by atoms with van der Waals surface area (Å²) < 4.78 is 0. The summed E-state index contributed by atoms with van der Waals surface area (Å²) in [5.74, 6) is 1.54. The number of hydrogen-bond acceptors (Lipinski definition) is 1. The van der Waals surface area contributed by atoms with Gasteiger partial charge in [0.05, 0.1) is 0 Å². The van der Waals surface area contributed by atoms with E-state index in [1.807, 2.05) is 13.8 Å². The van der Waals surface area contributed by atoms with Crippen LogP contribution in [0.4, 0.5) is 0 Å². The highest BCUT2D eigenvalue weighted by atomic mass is 14.8. The van der Waals surface area contributed by atoms with Crippen LogP contribution in [0.25, 0.3) is 0 Å². The smallest absolute Gasteiger partial charge is 0.0161 e. The minimum absolute atomic E-state index is 0.428. The fourth-order valence-corrected chi connectivity index (χ4v) is 5.29. The molecule has 0 saturated heterocycles. The predicted molar refractivity (Wildman–Crippen MR) is 149 cm³/mol. The second kappa shape index (κ2) is 12.9. The summed E-state index contributed by atoms with van der Waals surface area (Å²) in [6.07, 6.45) is 4.60. The van der Waals surface area contributed by atoms with E-state index in [2.05, 4.69) is 99.7 Å². The lowest BCUT2D eigenvalue weighted by Gasteiger charge is -2.35. The van der Waals surface area contributed by atoms with Crippen LogP contribution >= 0.6 is 0 Å². The summed E-state index contributed by atoms with van der Waals surface area (Å²) in [6.45, 7) is 15.1. The van der Waals surface area contributed by atoms with Crippen LogP contribution in [0, 0.1) is 0 Å². The third-order valence-electron chi connectivity index (χ3n) is 7.29. The molecule has 1 heteroatoms. The maximum Gasteiger partial charge on any atom is 0.0161 e. The van der Waals surface area contributed by atoms with Crippen molar-refractivity contribution in [3.63, 3.8) is 0 Å². The number of hydrogen-bond donors (Lipinski definition) is 1. The molecule has 0 spiro atoms. The largest absolute Gasteiger partial charge is 0.317 e.